The smallest absolute Gasteiger partial charge is 0.161 e. The fraction of sp³-hybridized carbons (Fsp3) is 0.438. The van der Waals surface area contributed by atoms with Crippen LogP contribution in [0.25, 0.3) is 0 Å². The predicted octanol–water partition coefficient (Wildman–Crippen LogP) is 3.06. The second-order valence-electron chi connectivity index (χ2n) is 4.97. The third-order valence-electron chi connectivity index (χ3n) is 3.44. The zero-order chi connectivity index (χ0) is 15.4. The Morgan fingerprint density at radius 1 is 1.33 bits per heavy atom. The summed E-state index contributed by atoms with van der Waals surface area (Å²) in [6, 6.07) is 4.93. The SMILES string of the molecule is CCNC(c1cc(C)cc(F)c1)c1c(OC)cnn1CC. The maximum atomic E-state index is 13.8. The number of halogens is 1. The van der Waals surface area contributed by atoms with Crippen LogP contribution in [0.3, 0.4) is 0 Å². The molecule has 2 aromatic rings. The predicted molar refractivity (Wildman–Crippen MR) is 81.1 cm³/mol. The van der Waals surface area contributed by atoms with Gasteiger partial charge in [-0.05, 0) is 43.7 Å². The molecule has 114 valence electrons. The maximum absolute atomic E-state index is 13.8. The fourth-order valence-electron chi connectivity index (χ4n) is 2.59. The van der Waals surface area contributed by atoms with Crippen LogP contribution in [0, 0.1) is 12.7 Å². The summed E-state index contributed by atoms with van der Waals surface area (Å²) in [7, 11) is 1.63. The Morgan fingerprint density at radius 3 is 2.67 bits per heavy atom. The van der Waals surface area contributed by atoms with Gasteiger partial charge in [0.25, 0.3) is 0 Å². The number of hydrogen-bond donors (Lipinski definition) is 1. The summed E-state index contributed by atoms with van der Waals surface area (Å²) < 4.78 is 21.1. The number of nitrogens with zero attached hydrogens (tertiary/aromatic N) is 2. The average molecular weight is 291 g/mol. The van der Waals surface area contributed by atoms with E-state index in [9.17, 15) is 4.39 Å². The van der Waals surface area contributed by atoms with Crippen LogP contribution in [-0.2, 0) is 6.54 Å². The molecular weight excluding hydrogens is 269 g/mol. The van der Waals surface area contributed by atoms with Gasteiger partial charge in [0.2, 0.25) is 0 Å². The lowest BCUT2D eigenvalue weighted by Crippen LogP contribution is -2.25. The average Bonchev–Trinajstić information content (AvgIpc) is 2.86. The van der Waals surface area contributed by atoms with Crippen molar-refractivity contribution in [3.8, 4) is 5.75 Å². The number of aryl methyl sites for hydroxylation is 2. The van der Waals surface area contributed by atoms with Gasteiger partial charge in [-0.25, -0.2) is 4.39 Å². The molecule has 5 heteroatoms. The summed E-state index contributed by atoms with van der Waals surface area (Å²) in [4.78, 5) is 0. The van der Waals surface area contributed by atoms with Crippen molar-refractivity contribution < 1.29 is 9.13 Å². The van der Waals surface area contributed by atoms with Crippen LogP contribution in [0.1, 0.15) is 36.7 Å². The van der Waals surface area contributed by atoms with Crippen LogP contribution in [0.4, 0.5) is 4.39 Å². The highest BCUT2D eigenvalue weighted by Crippen LogP contribution is 2.30. The number of benzene rings is 1. The van der Waals surface area contributed by atoms with E-state index >= 15 is 0 Å². The molecule has 1 atom stereocenters. The van der Waals surface area contributed by atoms with Gasteiger partial charge in [-0.3, -0.25) is 4.68 Å². The number of ether oxygens (including phenoxy) is 1. The topological polar surface area (TPSA) is 39.1 Å². The summed E-state index contributed by atoms with van der Waals surface area (Å²) in [6.07, 6.45) is 1.70. The molecule has 0 saturated heterocycles. The van der Waals surface area contributed by atoms with E-state index in [0.717, 1.165) is 29.9 Å². The molecular formula is C16H22FN3O. The fourth-order valence-corrected chi connectivity index (χ4v) is 2.59. The molecule has 2 rings (SSSR count). The van der Waals surface area contributed by atoms with Gasteiger partial charge in [-0.2, -0.15) is 5.10 Å². The summed E-state index contributed by atoms with van der Waals surface area (Å²) in [5.74, 6) is 0.485. The first-order valence-corrected chi connectivity index (χ1v) is 7.20. The molecule has 0 aliphatic heterocycles. The van der Waals surface area contributed by atoms with Gasteiger partial charge in [0.05, 0.1) is 19.3 Å². The summed E-state index contributed by atoms with van der Waals surface area (Å²) in [5.41, 5.74) is 2.70. The lowest BCUT2D eigenvalue weighted by Gasteiger charge is -2.21. The zero-order valence-electron chi connectivity index (χ0n) is 13.0. The van der Waals surface area contributed by atoms with Gasteiger partial charge in [0.1, 0.15) is 11.5 Å². The van der Waals surface area contributed by atoms with Crippen molar-refractivity contribution in [1.29, 1.82) is 0 Å². The first kappa shape index (κ1) is 15.5. The van der Waals surface area contributed by atoms with Crippen LogP contribution in [0.15, 0.2) is 24.4 Å². The molecule has 0 aliphatic rings. The van der Waals surface area contributed by atoms with Crippen molar-refractivity contribution in [2.24, 2.45) is 0 Å². The molecule has 1 aromatic heterocycles. The lowest BCUT2D eigenvalue weighted by atomic mass is 10.0. The van der Waals surface area contributed by atoms with E-state index in [1.54, 1.807) is 19.4 Å². The van der Waals surface area contributed by atoms with Gasteiger partial charge < -0.3 is 10.1 Å². The zero-order valence-corrected chi connectivity index (χ0v) is 13.0. The van der Waals surface area contributed by atoms with Crippen molar-refractivity contribution in [3.63, 3.8) is 0 Å². The molecule has 1 N–H and O–H groups in total. The molecule has 0 bridgehead atoms. The standard InChI is InChI=1S/C16H22FN3O/c1-5-18-15(12-7-11(3)8-13(17)9-12)16-14(21-4)10-19-20(16)6-2/h7-10,15,18H,5-6H2,1-4H3. The molecule has 4 nitrogen and oxygen atoms in total. The van der Waals surface area contributed by atoms with Gasteiger partial charge in [0, 0.05) is 6.54 Å². The van der Waals surface area contributed by atoms with E-state index in [2.05, 4.69) is 10.4 Å². The molecule has 0 spiro atoms. The summed E-state index contributed by atoms with van der Waals surface area (Å²) >= 11 is 0. The molecule has 0 fully saturated rings. The van der Waals surface area contributed by atoms with Crippen molar-refractivity contribution in [2.75, 3.05) is 13.7 Å². The quantitative estimate of drug-likeness (QED) is 0.889. The molecule has 0 aliphatic carbocycles. The molecule has 1 heterocycles. The van der Waals surface area contributed by atoms with Crippen molar-refractivity contribution in [2.45, 2.75) is 33.4 Å². The Bertz CT molecular complexity index is 568. The number of nitrogens with one attached hydrogen (secondary N) is 1. The summed E-state index contributed by atoms with van der Waals surface area (Å²) in [5, 5.41) is 7.73. The highest BCUT2D eigenvalue weighted by molar-refractivity contribution is 5.38. The largest absolute Gasteiger partial charge is 0.493 e. The van der Waals surface area contributed by atoms with Crippen molar-refractivity contribution >= 4 is 0 Å². The molecule has 0 amide bonds. The number of hydrogen-bond acceptors (Lipinski definition) is 3. The van der Waals surface area contributed by atoms with E-state index in [1.165, 1.54) is 6.07 Å². The Kier molecular flexibility index (Phi) is 4.96. The van der Waals surface area contributed by atoms with Crippen LogP contribution in [-0.4, -0.2) is 23.4 Å². The Balaban J connectivity index is 2.55. The Morgan fingerprint density at radius 2 is 2.10 bits per heavy atom. The third kappa shape index (κ3) is 3.24. The minimum absolute atomic E-state index is 0.151. The summed E-state index contributed by atoms with van der Waals surface area (Å²) in [6.45, 7) is 7.44. The minimum Gasteiger partial charge on any atom is -0.493 e. The molecule has 21 heavy (non-hydrogen) atoms. The van der Waals surface area contributed by atoms with Crippen molar-refractivity contribution in [3.05, 3.63) is 47.0 Å². The van der Waals surface area contributed by atoms with Gasteiger partial charge in [-0.15, -0.1) is 0 Å². The van der Waals surface area contributed by atoms with Crippen molar-refractivity contribution in [1.82, 2.24) is 15.1 Å². The second kappa shape index (κ2) is 6.72. The maximum Gasteiger partial charge on any atom is 0.161 e. The van der Waals surface area contributed by atoms with E-state index < -0.39 is 0 Å². The molecule has 0 saturated carbocycles. The van der Waals surface area contributed by atoms with E-state index in [4.69, 9.17) is 4.74 Å². The Hall–Kier alpha value is -1.88. The van der Waals surface area contributed by atoms with Gasteiger partial charge in [0.15, 0.2) is 5.75 Å². The normalized spacial score (nSPS) is 12.4. The van der Waals surface area contributed by atoms with E-state index in [1.807, 2.05) is 31.5 Å². The number of methoxy groups -OCH3 is 1. The first-order chi connectivity index (χ1) is 10.1. The number of aromatic nitrogens is 2. The van der Waals surface area contributed by atoms with Crippen LogP contribution in [0.2, 0.25) is 0 Å². The van der Waals surface area contributed by atoms with E-state index in [0.29, 0.717) is 5.75 Å². The van der Waals surface area contributed by atoms with Gasteiger partial charge in [-0.1, -0.05) is 13.0 Å². The second-order valence-corrected chi connectivity index (χ2v) is 4.97. The van der Waals surface area contributed by atoms with E-state index in [-0.39, 0.29) is 11.9 Å². The first-order valence-electron chi connectivity index (χ1n) is 7.20. The number of rotatable bonds is 6. The monoisotopic (exact) mass is 291 g/mol. The third-order valence-corrected chi connectivity index (χ3v) is 3.44. The van der Waals surface area contributed by atoms with Crippen LogP contribution < -0.4 is 10.1 Å². The molecule has 1 aromatic carbocycles. The minimum atomic E-state index is -0.227. The molecule has 0 radical (unpaired) electrons. The lowest BCUT2D eigenvalue weighted by molar-refractivity contribution is 0.399. The molecule has 1 unspecified atom stereocenters. The Labute approximate surface area is 124 Å². The van der Waals surface area contributed by atoms with Crippen LogP contribution >= 0.6 is 0 Å². The van der Waals surface area contributed by atoms with Gasteiger partial charge >= 0.3 is 0 Å². The van der Waals surface area contributed by atoms with Crippen LogP contribution in [0.5, 0.6) is 5.75 Å². The highest BCUT2D eigenvalue weighted by atomic mass is 19.1. The highest BCUT2D eigenvalue weighted by Gasteiger charge is 2.23.